The first-order chi connectivity index (χ1) is 7.20. The molecule has 4 nitrogen and oxygen atoms in total. The first-order valence-electron chi connectivity index (χ1n) is 5.16. The zero-order valence-electron chi connectivity index (χ0n) is 9.84. The van der Waals surface area contributed by atoms with Crippen molar-refractivity contribution in [2.24, 2.45) is 5.92 Å². The van der Waals surface area contributed by atoms with E-state index in [1.54, 1.807) is 7.11 Å². The third-order valence-electron chi connectivity index (χ3n) is 1.86. The molecule has 0 saturated carbocycles. The molecular weight excluding hydrogens is 212 g/mol. The van der Waals surface area contributed by atoms with E-state index in [-0.39, 0.29) is 5.91 Å². The number of carbonyl (C=O) groups excluding carboxylic acids is 1. The van der Waals surface area contributed by atoms with Crippen molar-refractivity contribution in [3.63, 3.8) is 0 Å². The zero-order chi connectivity index (χ0) is 11.5. The molecule has 0 radical (unpaired) electrons. The lowest BCUT2D eigenvalue weighted by Crippen LogP contribution is -2.37. The highest BCUT2D eigenvalue weighted by molar-refractivity contribution is 7.98. The smallest absolute Gasteiger partial charge is 0.234 e. The molecule has 15 heavy (non-hydrogen) atoms. The SMILES string of the molecule is COCCNC(=O)CNCC(C)CSC. The van der Waals surface area contributed by atoms with Crippen molar-refractivity contribution in [1.29, 1.82) is 0 Å². The first-order valence-corrected chi connectivity index (χ1v) is 6.55. The first kappa shape index (κ1) is 14.7. The summed E-state index contributed by atoms with van der Waals surface area (Å²) in [4.78, 5) is 11.2. The Morgan fingerprint density at radius 1 is 1.53 bits per heavy atom. The van der Waals surface area contributed by atoms with Crippen molar-refractivity contribution in [2.45, 2.75) is 6.92 Å². The van der Waals surface area contributed by atoms with E-state index in [1.807, 2.05) is 11.8 Å². The van der Waals surface area contributed by atoms with Gasteiger partial charge in [-0.2, -0.15) is 11.8 Å². The van der Waals surface area contributed by atoms with Gasteiger partial charge in [0.25, 0.3) is 0 Å². The second kappa shape index (κ2) is 10.3. The average Bonchev–Trinajstić information content (AvgIpc) is 2.18. The monoisotopic (exact) mass is 234 g/mol. The number of amides is 1. The van der Waals surface area contributed by atoms with Crippen LogP contribution in [-0.4, -0.2) is 51.3 Å². The number of rotatable bonds is 9. The van der Waals surface area contributed by atoms with Gasteiger partial charge in [0.05, 0.1) is 13.2 Å². The zero-order valence-corrected chi connectivity index (χ0v) is 10.7. The minimum absolute atomic E-state index is 0.0309. The number of ether oxygens (including phenoxy) is 1. The molecule has 0 bridgehead atoms. The predicted octanol–water partition coefficient (Wildman–Crippen LogP) is 0.338. The quantitative estimate of drug-likeness (QED) is 0.565. The number of methoxy groups -OCH3 is 1. The minimum Gasteiger partial charge on any atom is -0.383 e. The molecule has 1 amide bonds. The van der Waals surface area contributed by atoms with Gasteiger partial charge < -0.3 is 15.4 Å². The van der Waals surface area contributed by atoms with Gasteiger partial charge in [-0.1, -0.05) is 6.92 Å². The molecule has 90 valence electrons. The maximum Gasteiger partial charge on any atom is 0.234 e. The van der Waals surface area contributed by atoms with Crippen molar-refractivity contribution in [2.75, 3.05) is 45.4 Å². The van der Waals surface area contributed by atoms with Gasteiger partial charge in [-0.15, -0.1) is 0 Å². The molecule has 0 aromatic rings. The van der Waals surface area contributed by atoms with E-state index in [0.29, 0.717) is 25.6 Å². The Labute approximate surface area is 96.5 Å². The van der Waals surface area contributed by atoms with Crippen LogP contribution in [0, 0.1) is 5.92 Å². The Bertz CT molecular complexity index is 168. The van der Waals surface area contributed by atoms with Crippen molar-refractivity contribution in [3.8, 4) is 0 Å². The molecule has 5 heteroatoms. The fourth-order valence-electron chi connectivity index (χ4n) is 1.13. The highest BCUT2D eigenvalue weighted by Crippen LogP contribution is 2.01. The van der Waals surface area contributed by atoms with Crippen molar-refractivity contribution in [3.05, 3.63) is 0 Å². The molecule has 0 saturated heterocycles. The number of thioether (sulfide) groups is 1. The maximum atomic E-state index is 11.2. The van der Waals surface area contributed by atoms with Crippen LogP contribution in [0.1, 0.15) is 6.92 Å². The van der Waals surface area contributed by atoms with Gasteiger partial charge in [-0.05, 0) is 24.5 Å². The van der Waals surface area contributed by atoms with Crippen LogP contribution in [-0.2, 0) is 9.53 Å². The fraction of sp³-hybridized carbons (Fsp3) is 0.900. The molecule has 0 heterocycles. The van der Waals surface area contributed by atoms with Gasteiger partial charge >= 0.3 is 0 Å². The molecule has 0 aliphatic heterocycles. The Morgan fingerprint density at radius 3 is 2.87 bits per heavy atom. The summed E-state index contributed by atoms with van der Waals surface area (Å²) in [5.74, 6) is 1.76. The van der Waals surface area contributed by atoms with Crippen molar-refractivity contribution in [1.82, 2.24) is 10.6 Å². The van der Waals surface area contributed by atoms with Crippen LogP contribution in [0.4, 0.5) is 0 Å². The standard InChI is InChI=1S/C10H22N2O2S/c1-9(8-15-3)6-11-7-10(13)12-4-5-14-2/h9,11H,4-8H2,1-3H3,(H,12,13). The lowest BCUT2D eigenvalue weighted by atomic mass is 10.2. The largest absolute Gasteiger partial charge is 0.383 e. The van der Waals surface area contributed by atoms with Gasteiger partial charge in [0.15, 0.2) is 0 Å². The molecule has 0 aromatic carbocycles. The second-order valence-corrected chi connectivity index (χ2v) is 4.44. The molecule has 0 aliphatic rings. The molecule has 0 aromatic heterocycles. The van der Waals surface area contributed by atoms with E-state index in [2.05, 4.69) is 23.8 Å². The Hall–Kier alpha value is -0.260. The lowest BCUT2D eigenvalue weighted by Gasteiger charge is -2.11. The number of hydrogen-bond donors (Lipinski definition) is 2. The molecule has 2 N–H and O–H groups in total. The number of hydrogen-bond acceptors (Lipinski definition) is 4. The summed E-state index contributed by atoms with van der Waals surface area (Å²) in [5.41, 5.74) is 0. The molecule has 0 spiro atoms. The average molecular weight is 234 g/mol. The minimum atomic E-state index is 0.0309. The van der Waals surface area contributed by atoms with Crippen LogP contribution in [0.2, 0.25) is 0 Å². The van der Waals surface area contributed by atoms with Gasteiger partial charge in [0, 0.05) is 13.7 Å². The normalized spacial score (nSPS) is 12.5. The second-order valence-electron chi connectivity index (χ2n) is 3.53. The van der Waals surface area contributed by atoms with Crippen LogP contribution in [0.25, 0.3) is 0 Å². The molecule has 0 rings (SSSR count). The van der Waals surface area contributed by atoms with Crippen LogP contribution < -0.4 is 10.6 Å². The van der Waals surface area contributed by atoms with E-state index >= 15 is 0 Å². The van der Waals surface area contributed by atoms with E-state index in [0.717, 1.165) is 12.3 Å². The Morgan fingerprint density at radius 2 is 2.27 bits per heavy atom. The van der Waals surface area contributed by atoms with E-state index in [9.17, 15) is 4.79 Å². The summed E-state index contributed by atoms with van der Waals surface area (Å²) in [6.07, 6.45) is 2.09. The summed E-state index contributed by atoms with van der Waals surface area (Å²) >= 11 is 1.83. The third kappa shape index (κ3) is 10.0. The highest BCUT2D eigenvalue weighted by atomic mass is 32.2. The molecular formula is C10H22N2O2S. The summed E-state index contributed by atoms with van der Waals surface area (Å²) in [6.45, 7) is 4.60. The Kier molecular flexibility index (Phi) is 10.1. The van der Waals surface area contributed by atoms with E-state index in [4.69, 9.17) is 4.74 Å². The maximum absolute atomic E-state index is 11.2. The van der Waals surface area contributed by atoms with Crippen LogP contribution in [0.3, 0.4) is 0 Å². The lowest BCUT2D eigenvalue weighted by molar-refractivity contribution is -0.120. The number of nitrogens with one attached hydrogen (secondary N) is 2. The molecule has 0 aliphatic carbocycles. The van der Waals surface area contributed by atoms with Crippen molar-refractivity contribution < 1.29 is 9.53 Å². The summed E-state index contributed by atoms with van der Waals surface area (Å²) in [7, 11) is 1.62. The summed E-state index contributed by atoms with van der Waals surface area (Å²) < 4.78 is 4.83. The predicted molar refractivity (Wildman–Crippen MR) is 65.3 cm³/mol. The Balaban J connectivity index is 3.30. The summed E-state index contributed by atoms with van der Waals surface area (Å²) in [5, 5.41) is 5.89. The van der Waals surface area contributed by atoms with Gasteiger partial charge in [0.1, 0.15) is 0 Å². The van der Waals surface area contributed by atoms with Crippen molar-refractivity contribution >= 4 is 17.7 Å². The van der Waals surface area contributed by atoms with Crippen LogP contribution in [0.15, 0.2) is 0 Å². The molecule has 1 atom stereocenters. The van der Waals surface area contributed by atoms with Crippen LogP contribution in [0.5, 0.6) is 0 Å². The fourth-order valence-corrected chi connectivity index (χ4v) is 1.82. The van der Waals surface area contributed by atoms with Gasteiger partial charge in [0.2, 0.25) is 5.91 Å². The van der Waals surface area contributed by atoms with Gasteiger partial charge in [-0.25, -0.2) is 0 Å². The van der Waals surface area contributed by atoms with Gasteiger partial charge in [-0.3, -0.25) is 4.79 Å². The van der Waals surface area contributed by atoms with E-state index in [1.165, 1.54) is 0 Å². The molecule has 0 fully saturated rings. The highest BCUT2D eigenvalue weighted by Gasteiger charge is 2.03. The molecule has 1 unspecified atom stereocenters. The number of carbonyl (C=O) groups is 1. The van der Waals surface area contributed by atoms with E-state index < -0.39 is 0 Å². The third-order valence-corrected chi connectivity index (χ3v) is 2.76. The summed E-state index contributed by atoms with van der Waals surface area (Å²) in [6, 6.07) is 0. The van der Waals surface area contributed by atoms with Crippen LogP contribution >= 0.6 is 11.8 Å². The topological polar surface area (TPSA) is 50.4 Å².